The fraction of sp³-hybridized carbons (Fsp3) is 0.583. The molecule has 1 rings (SSSR count). The van der Waals surface area contributed by atoms with Crippen molar-refractivity contribution in [1.82, 2.24) is 10.5 Å². The average molecular weight is 254 g/mol. The number of aryl methyl sites for hydroxylation is 1. The van der Waals surface area contributed by atoms with E-state index in [-0.39, 0.29) is 18.2 Å². The minimum Gasteiger partial charge on any atom is -0.480 e. The van der Waals surface area contributed by atoms with Gasteiger partial charge in [0.15, 0.2) is 0 Å². The number of hydrogen-bond acceptors (Lipinski definition) is 4. The third kappa shape index (κ3) is 3.58. The molecule has 1 aromatic heterocycles. The number of nitrogens with zero attached hydrogens (tertiary/aromatic N) is 1. The van der Waals surface area contributed by atoms with Crippen LogP contribution in [0.5, 0.6) is 0 Å². The third-order valence-electron chi connectivity index (χ3n) is 3.00. The van der Waals surface area contributed by atoms with Crippen LogP contribution in [0, 0.1) is 12.8 Å². The molecule has 0 aliphatic heterocycles. The number of nitrogens with one attached hydrogen (secondary N) is 1. The minimum absolute atomic E-state index is 0.0789. The molecule has 6 heteroatoms. The van der Waals surface area contributed by atoms with Crippen LogP contribution in [-0.2, 0) is 16.0 Å². The van der Waals surface area contributed by atoms with Gasteiger partial charge in [-0.2, -0.15) is 0 Å². The van der Waals surface area contributed by atoms with Crippen LogP contribution in [-0.4, -0.2) is 28.2 Å². The predicted molar refractivity (Wildman–Crippen MR) is 64.0 cm³/mol. The normalized spacial score (nSPS) is 13.9. The standard InChI is InChI=1S/C12H18N2O4/c1-4-7(2)11(12(16)17)13-10(15)5-9-6-18-14-8(9)3/h6-7,11H,4-5H2,1-3H3,(H,13,15)(H,16,17)/t7-,11-/m0/s1. The van der Waals surface area contributed by atoms with Crippen LogP contribution >= 0.6 is 0 Å². The van der Waals surface area contributed by atoms with Crippen molar-refractivity contribution in [3.63, 3.8) is 0 Å². The summed E-state index contributed by atoms with van der Waals surface area (Å²) in [5, 5.41) is 15.2. The topological polar surface area (TPSA) is 92.4 Å². The molecule has 0 radical (unpaired) electrons. The summed E-state index contributed by atoms with van der Waals surface area (Å²) in [6.45, 7) is 5.41. The molecule has 0 bridgehead atoms. The van der Waals surface area contributed by atoms with Crippen molar-refractivity contribution in [3.8, 4) is 0 Å². The second kappa shape index (κ2) is 6.18. The lowest BCUT2D eigenvalue weighted by Crippen LogP contribution is -2.45. The highest BCUT2D eigenvalue weighted by Gasteiger charge is 2.25. The van der Waals surface area contributed by atoms with E-state index in [0.717, 1.165) is 0 Å². The number of rotatable bonds is 6. The van der Waals surface area contributed by atoms with Crippen LogP contribution in [0.4, 0.5) is 0 Å². The maximum absolute atomic E-state index is 11.8. The van der Waals surface area contributed by atoms with E-state index in [1.165, 1.54) is 6.26 Å². The van der Waals surface area contributed by atoms with Gasteiger partial charge in [-0.05, 0) is 12.8 Å². The highest BCUT2D eigenvalue weighted by molar-refractivity contribution is 5.85. The van der Waals surface area contributed by atoms with Gasteiger partial charge in [-0.1, -0.05) is 25.4 Å². The van der Waals surface area contributed by atoms with Gasteiger partial charge in [0.1, 0.15) is 12.3 Å². The summed E-state index contributed by atoms with van der Waals surface area (Å²) in [7, 11) is 0. The Morgan fingerprint density at radius 3 is 2.67 bits per heavy atom. The van der Waals surface area contributed by atoms with Crippen molar-refractivity contribution >= 4 is 11.9 Å². The summed E-state index contributed by atoms with van der Waals surface area (Å²) in [5.41, 5.74) is 1.31. The van der Waals surface area contributed by atoms with Crippen molar-refractivity contribution in [1.29, 1.82) is 0 Å². The van der Waals surface area contributed by atoms with Crippen LogP contribution in [0.3, 0.4) is 0 Å². The Kier molecular flexibility index (Phi) is 4.88. The fourth-order valence-electron chi connectivity index (χ4n) is 1.56. The predicted octanol–water partition coefficient (Wildman–Crippen LogP) is 1.14. The molecule has 0 saturated carbocycles. The highest BCUT2D eigenvalue weighted by Crippen LogP contribution is 2.10. The number of carboxylic acids is 1. The van der Waals surface area contributed by atoms with Crippen molar-refractivity contribution in [2.24, 2.45) is 5.92 Å². The number of hydrogen-bond donors (Lipinski definition) is 2. The second-order valence-corrected chi connectivity index (χ2v) is 4.37. The van der Waals surface area contributed by atoms with E-state index >= 15 is 0 Å². The molecule has 18 heavy (non-hydrogen) atoms. The van der Waals surface area contributed by atoms with Crippen LogP contribution in [0.25, 0.3) is 0 Å². The van der Waals surface area contributed by atoms with Gasteiger partial charge in [0.05, 0.1) is 12.1 Å². The Morgan fingerprint density at radius 2 is 2.22 bits per heavy atom. The molecule has 6 nitrogen and oxygen atoms in total. The Labute approximate surface area is 105 Å². The summed E-state index contributed by atoms with van der Waals surface area (Å²) in [6, 6.07) is -0.859. The molecule has 0 saturated heterocycles. The van der Waals surface area contributed by atoms with Gasteiger partial charge in [-0.15, -0.1) is 0 Å². The molecule has 0 aromatic carbocycles. The van der Waals surface area contributed by atoms with Crippen LogP contribution in [0.2, 0.25) is 0 Å². The van der Waals surface area contributed by atoms with Gasteiger partial charge >= 0.3 is 5.97 Å². The van der Waals surface area contributed by atoms with Crippen molar-refractivity contribution < 1.29 is 19.2 Å². The highest BCUT2D eigenvalue weighted by atomic mass is 16.5. The molecular weight excluding hydrogens is 236 g/mol. The quantitative estimate of drug-likeness (QED) is 0.794. The monoisotopic (exact) mass is 254 g/mol. The zero-order chi connectivity index (χ0) is 13.7. The van der Waals surface area contributed by atoms with Gasteiger partial charge < -0.3 is 14.9 Å². The lowest BCUT2D eigenvalue weighted by atomic mass is 9.99. The van der Waals surface area contributed by atoms with Crippen LogP contribution in [0.1, 0.15) is 31.5 Å². The zero-order valence-electron chi connectivity index (χ0n) is 10.8. The number of amides is 1. The maximum Gasteiger partial charge on any atom is 0.326 e. The molecule has 0 unspecified atom stereocenters. The average Bonchev–Trinajstić information content (AvgIpc) is 2.70. The Balaban J connectivity index is 2.62. The van der Waals surface area contributed by atoms with E-state index in [4.69, 9.17) is 9.63 Å². The van der Waals surface area contributed by atoms with Crippen LogP contribution < -0.4 is 5.32 Å². The molecule has 0 aliphatic carbocycles. The van der Waals surface area contributed by atoms with E-state index in [1.807, 2.05) is 6.92 Å². The lowest BCUT2D eigenvalue weighted by molar-refractivity contribution is -0.143. The Morgan fingerprint density at radius 1 is 1.56 bits per heavy atom. The van der Waals surface area contributed by atoms with Crippen molar-refractivity contribution in [3.05, 3.63) is 17.5 Å². The number of carbonyl (C=O) groups is 2. The molecule has 1 heterocycles. The maximum atomic E-state index is 11.8. The second-order valence-electron chi connectivity index (χ2n) is 4.37. The lowest BCUT2D eigenvalue weighted by Gasteiger charge is -2.19. The van der Waals surface area contributed by atoms with E-state index in [0.29, 0.717) is 17.7 Å². The Bertz CT molecular complexity index is 427. The molecule has 0 fully saturated rings. The summed E-state index contributed by atoms with van der Waals surface area (Å²) >= 11 is 0. The first-order valence-electron chi connectivity index (χ1n) is 5.87. The fourth-order valence-corrected chi connectivity index (χ4v) is 1.56. The van der Waals surface area contributed by atoms with Gasteiger partial charge in [-0.25, -0.2) is 4.79 Å². The summed E-state index contributed by atoms with van der Waals surface area (Å²) in [4.78, 5) is 22.8. The molecule has 0 aliphatic rings. The number of carboxylic acid groups (broad SMARTS) is 1. The summed E-state index contributed by atoms with van der Waals surface area (Å²) < 4.78 is 4.72. The van der Waals surface area contributed by atoms with Gasteiger partial charge in [0, 0.05) is 5.56 Å². The van der Waals surface area contributed by atoms with Crippen LogP contribution in [0.15, 0.2) is 10.8 Å². The summed E-state index contributed by atoms with van der Waals surface area (Å²) in [5.74, 6) is -1.47. The molecule has 1 amide bonds. The molecule has 2 N–H and O–H groups in total. The largest absolute Gasteiger partial charge is 0.480 e. The van der Waals surface area contributed by atoms with Crippen molar-refractivity contribution in [2.45, 2.75) is 39.7 Å². The molecule has 1 aromatic rings. The first-order valence-corrected chi connectivity index (χ1v) is 5.87. The smallest absolute Gasteiger partial charge is 0.326 e. The summed E-state index contributed by atoms with van der Waals surface area (Å²) in [6.07, 6.45) is 2.16. The van der Waals surface area contributed by atoms with Crippen molar-refractivity contribution in [2.75, 3.05) is 0 Å². The first-order chi connectivity index (χ1) is 8.45. The molecule has 100 valence electrons. The van der Waals surface area contributed by atoms with Gasteiger partial charge in [0.25, 0.3) is 0 Å². The van der Waals surface area contributed by atoms with Gasteiger partial charge in [-0.3, -0.25) is 4.79 Å². The van der Waals surface area contributed by atoms with Gasteiger partial charge in [0.2, 0.25) is 5.91 Å². The molecule has 0 spiro atoms. The number of aromatic nitrogens is 1. The molecule has 2 atom stereocenters. The SMILES string of the molecule is CC[C@H](C)[C@H](NC(=O)Cc1conc1C)C(=O)O. The van der Waals surface area contributed by atoms with E-state index in [1.54, 1.807) is 13.8 Å². The third-order valence-corrected chi connectivity index (χ3v) is 3.00. The van der Waals surface area contributed by atoms with E-state index in [9.17, 15) is 9.59 Å². The number of carbonyl (C=O) groups excluding carboxylic acids is 1. The first kappa shape index (κ1) is 14.2. The van der Waals surface area contributed by atoms with E-state index < -0.39 is 12.0 Å². The zero-order valence-corrected chi connectivity index (χ0v) is 10.8. The van der Waals surface area contributed by atoms with E-state index in [2.05, 4.69) is 10.5 Å². The Hall–Kier alpha value is -1.85. The molecular formula is C12H18N2O4. The minimum atomic E-state index is -1.01. The number of aliphatic carboxylic acids is 1.